The Kier molecular flexibility index (Phi) is 2.96. The van der Waals surface area contributed by atoms with E-state index in [2.05, 4.69) is 10.2 Å². The van der Waals surface area contributed by atoms with Gasteiger partial charge in [-0.3, -0.25) is 0 Å². The lowest BCUT2D eigenvalue weighted by molar-refractivity contribution is -0.0113. The first-order chi connectivity index (χ1) is 9.91. The highest BCUT2D eigenvalue weighted by Gasteiger charge is 2.54. The van der Waals surface area contributed by atoms with Crippen molar-refractivity contribution in [2.75, 3.05) is 0 Å². The van der Waals surface area contributed by atoms with E-state index in [0.717, 1.165) is 42.8 Å². The maximum Gasteiger partial charge on any atom is 0.296 e. The minimum Gasteiger partial charge on any atom is -0.301 e. The average molecular weight is 330 g/mol. The number of hydrogen-bond acceptors (Lipinski definition) is 4. The molecule has 116 valence electrons. The largest absolute Gasteiger partial charge is 0.301 e. The molecule has 0 aromatic carbocycles. The fraction of sp³-hybridized carbons (Fsp3) is 0.857. The van der Waals surface area contributed by atoms with Gasteiger partial charge in [-0.15, -0.1) is 10.2 Å². The van der Waals surface area contributed by atoms with Gasteiger partial charge in [0.2, 0.25) is 0 Å². The van der Waals surface area contributed by atoms with Gasteiger partial charge in [0.25, 0.3) is 14.2 Å². The molecule has 4 bridgehead atoms. The maximum absolute atomic E-state index is 11.7. The van der Waals surface area contributed by atoms with Crippen LogP contribution in [0.5, 0.6) is 0 Å². The molecule has 5 rings (SSSR count). The molecule has 4 saturated carbocycles. The van der Waals surface area contributed by atoms with Crippen LogP contribution < -0.4 is 0 Å². The van der Waals surface area contributed by atoms with Gasteiger partial charge in [-0.25, -0.2) is 8.42 Å². The zero-order valence-corrected chi connectivity index (χ0v) is 13.7. The molecule has 4 aliphatic rings. The van der Waals surface area contributed by atoms with E-state index in [1.54, 1.807) is 4.57 Å². The van der Waals surface area contributed by atoms with Gasteiger partial charge in [-0.05, 0) is 63.2 Å². The van der Waals surface area contributed by atoms with Crippen LogP contribution in [0, 0.1) is 17.8 Å². The van der Waals surface area contributed by atoms with Crippen LogP contribution in [-0.2, 0) is 21.0 Å². The van der Waals surface area contributed by atoms with Crippen molar-refractivity contribution in [3.05, 3.63) is 5.82 Å². The first-order valence-electron chi connectivity index (χ1n) is 7.79. The van der Waals surface area contributed by atoms with E-state index in [0.29, 0.717) is 6.54 Å². The normalized spacial score (nSPS) is 38.1. The summed E-state index contributed by atoms with van der Waals surface area (Å²) in [6.45, 7) is 2.48. The predicted octanol–water partition coefficient (Wildman–Crippen LogP) is 2.69. The Hall–Kier alpha value is -0.620. The van der Waals surface area contributed by atoms with E-state index in [-0.39, 0.29) is 10.6 Å². The zero-order valence-electron chi connectivity index (χ0n) is 12.1. The molecule has 0 spiro atoms. The molecule has 5 nitrogen and oxygen atoms in total. The lowest BCUT2D eigenvalue weighted by Gasteiger charge is -2.56. The Labute approximate surface area is 129 Å². The van der Waals surface area contributed by atoms with Crippen LogP contribution in [-0.4, -0.2) is 23.2 Å². The third kappa shape index (κ3) is 2.05. The molecule has 1 aromatic heterocycles. The second kappa shape index (κ2) is 4.44. The van der Waals surface area contributed by atoms with Crippen molar-refractivity contribution in [3.63, 3.8) is 0 Å². The van der Waals surface area contributed by atoms with Crippen molar-refractivity contribution < 1.29 is 8.42 Å². The topological polar surface area (TPSA) is 64.8 Å². The van der Waals surface area contributed by atoms with E-state index >= 15 is 0 Å². The Morgan fingerprint density at radius 1 is 1.14 bits per heavy atom. The van der Waals surface area contributed by atoms with E-state index in [9.17, 15) is 8.42 Å². The van der Waals surface area contributed by atoms with Crippen molar-refractivity contribution in [1.82, 2.24) is 14.8 Å². The second-order valence-electron chi connectivity index (χ2n) is 7.19. The summed E-state index contributed by atoms with van der Waals surface area (Å²) in [5.74, 6) is 3.22. The molecule has 0 amide bonds. The highest BCUT2D eigenvalue weighted by Crippen LogP contribution is 2.60. The van der Waals surface area contributed by atoms with E-state index in [4.69, 9.17) is 10.7 Å². The predicted molar refractivity (Wildman–Crippen MR) is 78.6 cm³/mol. The Morgan fingerprint density at radius 2 is 1.67 bits per heavy atom. The zero-order chi connectivity index (χ0) is 14.8. The van der Waals surface area contributed by atoms with Crippen molar-refractivity contribution in [1.29, 1.82) is 0 Å². The first-order valence-corrected chi connectivity index (χ1v) is 10.1. The van der Waals surface area contributed by atoms with Gasteiger partial charge < -0.3 is 4.57 Å². The van der Waals surface area contributed by atoms with Crippen molar-refractivity contribution in [2.45, 2.75) is 62.6 Å². The van der Waals surface area contributed by atoms with Gasteiger partial charge in [-0.1, -0.05) is 0 Å². The van der Waals surface area contributed by atoms with Gasteiger partial charge in [0.1, 0.15) is 5.82 Å². The van der Waals surface area contributed by atoms with Crippen LogP contribution in [0.4, 0.5) is 0 Å². The molecule has 0 aliphatic heterocycles. The molecule has 1 heterocycles. The van der Waals surface area contributed by atoms with Crippen molar-refractivity contribution in [3.8, 4) is 0 Å². The van der Waals surface area contributed by atoms with E-state index < -0.39 is 9.05 Å². The average Bonchev–Trinajstić information content (AvgIpc) is 2.81. The minimum atomic E-state index is -3.83. The summed E-state index contributed by atoms with van der Waals surface area (Å²) in [5.41, 5.74) is 0.0393. The van der Waals surface area contributed by atoms with Crippen LogP contribution in [0.1, 0.15) is 51.3 Å². The van der Waals surface area contributed by atoms with Crippen LogP contribution in [0.15, 0.2) is 5.16 Å². The number of halogens is 1. The highest BCUT2D eigenvalue weighted by atomic mass is 35.7. The molecule has 21 heavy (non-hydrogen) atoms. The minimum absolute atomic E-state index is 0.0393. The van der Waals surface area contributed by atoms with Gasteiger partial charge in [0, 0.05) is 22.6 Å². The van der Waals surface area contributed by atoms with Crippen LogP contribution in [0.3, 0.4) is 0 Å². The standard InChI is InChI=1S/C14H20ClN3O2S/c1-2-18-12(16-17-13(18)21(15,19)20)14-6-9-3-10(7-14)5-11(4-9)8-14/h9-11H,2-8H2,1H3. The number of rotatable bonds is 3. The summed E-state index contributed by atoms with van der Waals surface area (Å²) in [4.78, 5) is 0. The summed E-state index contributed by atoms with van der Waals surface area (Å²) in [6, 6.07) is 0. The van der Waals surface area contributed by atoms with Gasteiger partial charge in [0.05, 0.1) is 0 Å². The molecule has 4 aliphatic carbocycles. The fourth-order valence-electron chi connectivity index (χ4n) is 5.53. The monoisotopic (exact) mass is 329 g/mol. The van der Waals surface area contributed by atoms with Gasteiger partial charge in [0.15, 0.2) is 0 Å². The van der Waals surface area contributed by atoms with E-state index in [1.165, 1.54) is 19.3 Å². The lowest BCUT2D eigenvalue weighted by atomic mass is 9.49. The highest BCUT2D eigenvalue weighted by molar-refractivity contribution is 8.13. The maximum atomic E-state index is 11.7. The Bertz CT molecular complexity index is 647. The summed E-state index contributed by atoms with van der Waals surface area (Å²) >= 11 is 0. The number of aromatic nitrogens is 3. The molecule has 1 aromatic rings. The number of nitrogens with zero attached hydrogens (tertiary/aromatic N) is 3. The van der Waals surface area contributed by atoms with Crippen LogP contribution >= 0.6 is 10.7 Å². The summed E-state index contributed by atoms with van der Waals surface area (Å²) < 4.78 is 25.1. The molecule has 0 saturated heterocycles. The summed E-state index contributed by atoms with van der Waals surface area (Å²) in [5, 5.41) is 8.12. The quantitative estimate of drug-likeness (QED) is 0.800. The molecule has 0 radical (unpaired) electrons. The Balaban J connectivity index is 1.82. The Morgan fingerprint density at radius 3 is 2.10 bits per heavy atom. The lowest BCUT2D eigenvalue weighted by Crippen LogP contribution is -2.49. The molecular weight excluding hydrogens is 310 g/mol. The summed E-state index contributed by atoms with van der Waals surface area (Å²) in [6.07, 6.45) is 7.46. The molecule has 0 N–H and O–H groups in total. The van der Waals surface area contributed by atoms with Gasteiger partial charge >= 0.3 is 0 Å². The SMILES string of the molecule is CCn1c(C23CC4CC(CC(C4)C2)C3)nnc1S(=O)(=O)Cl. The molecule has 0 unspecified atom stereocenters. The molecular formula is C14H20ClN3O2S. The molecule has 0 atom stereocenters. The summed E-state index contributed by atoms with van der Waals surface area (Å²) in [7, 11) is 1.68. The van der Waals surface area contributed by atoms with E-state index in [1.807, 2.05) is 6.92 Å². The van der Waals surface area contributed by atoms with Crippen molar-refractivity contribution >= 4 is 19.7 Å². The third-order valence-corrected chi connectivity index (χ3v) is 6.92. The fourth-order valence-corrected chi connectivity index (χ4v) is 6.49. The molecule has 4 fully saturated rings. The smallest absolute Gasteiger partial charge is 0.296 e. The second-order valence-corrected chi connectivity index (χ2v) is 9.65. The van der Waals surface area contributed by atoms with Crippen molar-refractivity contribution in [2.24, 2.45) is 17.8 Å². The third-order valence-electron chi connectivity index (χ3n) is 5.76. The molecule has 7 heteroatoms. The number of hydrogen-bond donors (Lipinski definition) is 0. The van der Waals surface area contributed by atoms with Crippen LogP contribution in [0.25, 0.3) is 0 Å². The first kappa shape index (κ1) is 14.0. The van der Waals surface area contributed by atoms with Gasteiger partial charge in [-0.2, -0.15) is 0 Å². The van der Waals surface area contributed by atoms with Crippen LogP contribution in [0.2, 0.25) is 0 Å².